The van der Waals surface area contributed by atoms with Crippen LogP contribution < -0.4 is 4.74 Å². The standard InChI is InChI=1S/C25H30F4O2/c1-3-5-15-30-20-10-7-17(8-11-20)22-14-13-21(23(24(22)26)25(27,28)29)18-9-12-19(6-4-2)31-16-18/h7-8,10-11,13-14,18-19H,3-6,9,12,15-16H2,1-2H3. The molecule has 3 rings (SSSR count). The molecule has 1 aliphatic heterocycles. The summed E-state index contributed by atoms with van der Waals surface area (Å²) >= 11 is 0. The van der Waals surface area contributed by atoms with Gasteiger partial charge in [0.25, 0.3) is 0 Å². The Morgan fingerprint density at radius 1 is 1.00 bits per heavy atom. The minimum absolute atomic E-state index is 0.0109. The van der Waals surface area contributed by atoms with Gasteiger partial charge in [0.15, 0.2) is 0 Å². The molecule has 31 heavy (non-hydrogen) atoms. The van der Waals surface area contributed by atoms with Gasteiger partial charge in [-0.3, -0.25) is 0 Å². The Morgan fingerprint density at radius 2 is 1.74 bits per heavy atom. The molecule has 1 saturated heterocycles. The van der Waals surface area contributed by atoms with E-state index >= 15 is 4.39 Å². The molecule has 2 unspecified atom stereocenters. The third-order valence-corrected chi connectivity index (χ3v) is 5.81. The van der Waals surface area contributed by atoms with Crippen molar-refractivity contribution in [3.05, 3.63) is 53.3 Å². The van der Waals surface area contributed by atoms with E-state index in [4.69, 9.17) is 9.47 Å². The number of hydrogen-bond acceptors (Lipinski definition) is 2. The fourth-order valence-electron chi connectivity index (χ4n) is 4.11. The molecule has 170 valence electrons. The molecular formula is C25H30F4O2. The summed E-state index contributed by atoms with van der Waals surface area (Å²) in [5.41, 5.74) is -0.851. The Labute approximate surface area is 181 Å². The molecule has 2 atom stereocenters. The van der Waals surface area contributed by atoms with Crippen LogP contribution in [0.4, 0.5) is 17.6 Å². The molecule has 1 aliphatic rings. The largest absolute Gasteiger partial charge is 0.494 e. The fraction of sp³-hybridized carbons (Fsp3) is 0.520. The molecule has 0 saturated carbocycles. The first kappa shape index (κ1) is 23.6. The van der Waals surface area contributed by atoms with Crippen molar-refractivity contribution in [3.8, 4) is 16.9 Å². The summed E-state index contributed by atoms with van der Waals surface area (Å²) < 4.78 is 68.2. The van der Waals surface area contributed by atoms with Crippen molar-refractivity contribution in [2.75, 3.05) is 13.2 Å². The number of benzene rings is 2. The summed E-state index contributed by atoms with van der Waals surface area (Å²) in [6, 6.07) is 9.38. The number of alkyl halides is 3. The molecule has 0 radical (unpaired) electrons. The summed E-state index contributed by atoms with van der Waals surface area (Å²) in [5.74, 6) is -1.06. The minimum Gasteiger partial charge on any atom is -0.494 e. The predicted octanol–water partition coefficient (Wildman–Crippen LogP) is 7.75. The van der Waals surface area contributed by atoms with Crippen molar-refractivity contribution in [2.45, 2.75) is 70.6 Å². The third-order valence-electron chi connectivity index (χ3n) is 5.81. The van der Waals surface area contributed by atoms with Crippen LogP contribution in [0.2, 0.25) is 0 Å². The van der Waals surface area contributed by atoms with Gasteiger partial charge in [-0.15, -0.1) is 0 Å². The summed E-state index contributed by atoms with van der Waals surface area (Å²) in [6.07, 6.45) is 0.336. The Hall–Kier alpha value is -2.08. The van der Waals surface area contributed by atoms with Gasteiger partial charge in [-0.05, 0) is 48.9 Å². The van der Waals surface area contributed by atoms with Gasteiger partial charge in [-0.1, -0.05) is 51.0 Å². The van der Waals surface area contributed by atoms with Gasteiger partial charge < -0.3 is 9.47 Å². The van der Waals surface area contributed by atoms with E-state index in [0.717, 1.165) is 25.7 Å². The maximum atomic E-state index is 15.2. The highest BCUT2D eigenvalue weighted by molar-refractivity contribution is 5.67. The molecule has 0 N–H and O–H groups in total. The minimum atomic E-state index is -4.78. The van der Waals surface area contributed by atoms with E-state index in [1.165, 1.54) is 12.1 Å². The van der Waals surface area contributed by atoms with E-state index < -0.39 is 23.5 Å². The van der Waals surface area contributed by atoms with Gasteiger partial charge in [0, 0.05) is 11.5 Å². The zero-order chi connectivity index (χ0) is 22.4. The quantitative estimate of drug-likeness (QED) is 0.310. The van der Waals surface area contributed by atoms with E-state index in [0.29, 0.717) is 30.8 Å². The van der Waals surface area contributed by atoms with Crippen molar-refractivity contribution in [1.82, 2.24) is 0 Å². The molecule has 0 amide bonds. The Bertz CT molecular complexity index is 838. The second kappa shape index (κ2) is 10.5. The van der Waals surface area contributed by atoms with Gasteiger partial charge in [0.05, 0.1) is 24.9 Å². The van der Waals surface area contributed by atoms with Crippen LogP contribution in [0.5, 0.6) is 5.75 Å². The SMILES string of the molecule is CCCCOc1ccc(-c2ccc(C3CCC(CCC)OC3)c(C(F)(F)F)c2F)cc1. The number of hydrogen-bond donors (Lipinski definition) is 0. The zero-order valence-corrected chi connectivity index (χ0v) is 18.1. The van der Waals surface area contributed by atoms with Crippen molar-refractivity contribution >= 4 is 0 Å². The van der Waals surface area contributed by atoms with Crippen LogP contribution >= 0.6 is 0 Å². The van der Waals surface area contributed by atoms with Crippen LogP contribution in [-0.4, -0.2) is 19.3 Å². The summed E-state index contributed by atoms with van der Waals surface area (Å²) in [4.78, 5) is 0. The highest BCUT2D eigenvalue weighted by Gasteiger charge is 2.40. The smallest absolute Gasteiger partial charge is 0.419 e. The van der Waals surface area contributed by atoms with Gasteiger partial charge in [0.1, 0.15) is 11.6 Å². The van der Waals surface area contributed by atoms with Crippen LogP contribution in [-0.2, 0) is 10.9 Å². The van der Waals surface area contributed by atoms with Gasteiger partial charge in [-0.2, -0.15) is 13.2 Å². The number of unbranched alkanes of at least 4 members (excludes halogenated alkanes) is 1. The summed E-state index contributed by atoms with van der Waals surface area (Å²) in [7, 11) is 0. The topological polar surface area (TPSA) is 18.5 Å². The molecule has 0 bridgehead atoms. The summed E-state index contributed by atoms with van der Waals surface area (Å²) in [5, 5.41) is 0. The molecule has 1 fully saturated rings. The van der Waals surface area contributed by atoms with Gasteiger partial charge in [-0.25, -0.2) is 4.39 Å². The van der Waals surface area contributed by atoms with E-state index in [-0.39, 0.29) is 23.8 Å². The van der Waals surface area contributed by atoms with Crippen molar-refractivity contribution in [3.63, 3.8) is 0 Å². The highest BCUT2D eigenvalue weighted by atomic mass is 19.4. The second-order valence-electron chi connectivity index (χ2n) is 8.13. The first-order valence-electron chi connectivity index (χ1n) is 11.1. The number of ether oxygens (including phenoxy) is 2. The molecule has 2 aromatic carbocycles. The summed E-state index contributed by atoms with van der Waals surface area (Å²) in [6.45, 7) is 4.87. The van der Waals surface area contributed by atoms with Crippen LogP contribution in [0.25, 0.3) is 11.1 Å². The lowest BCUT2D eigenvalue weighted by Crippen LogP contribution is -2.26. The van der Waals surface area contributed by atoms with Crippen LogP contribution in [0, 0.1) is 5.82 Å². The lowest BCUT2D eigenvalue weighted by atomic mass is 9.85. The normalized spacial score (nSPS) is 19.4. The molecule has 2 nitrogen and oxygen atoms in total. The lowest BCUT2D eigenvalue weighted by molar-refractivity contribution is -0.141. The van der Waals surface area contributed by atoms with Crippen molar-refractivity contribution in [2.24, 2.45) is 0 Å². The van der Waals surface area contributed by atoms with Gasteiger partial charge in [0.2, 0.25) is 0 Å². The average Bonchev–Trinajstić information content (AvgIpc) is 2.74. The maximum Gasteiger partial charge on any atom is 0.419 e. The van der Waals surface area contributed by atoms with E-state index in [9.17, 15) is 13.2 Å². The predicted molar refractivity (Wildman–Crippen MR) is 114 cm³/mol. The fourth-order valence-corrected chi connectivity index (χ4v) is 4.11. The molecule has 0 aliphatic carbocycles. The van der Waals surface area contributed by atoms with Crippen molar-refractivity contribution in [1.29, 1.82) is 0 Å². The zero-order valence-electron chi connectivity index (χ0n) is 18.1. The van der Waals surface area contributed by atoms with E-state index in [1.807, 2.05) is 0 Å². The average molecular weight is 439 g/mol. The molecule has 0 aromatic heterocycles. The van der Waals surface area contributed by atoms with Crippen LogP contribution in [0.15, 0.2) is 36.4 Å². The monoisotopic (exact) mass is 438 g/mol. The van der Waals surface area contributed by atoms with E-state index in [1.54, 1.807) is 24.3 Å². The molecule has 1 heterocycles. The Balaban J connectivity index is 1.87. The molecular weight excluding hydrogens is 408 g/mol. The van der Waals surface area contributed by atoms with Gasteiger partial charge >= 0.3 is 6.18 Å². The molecule has 2 aromatic rings. The first-order chi connectivity index (χ1) is 14.8. The van der Waals surface area contributed by atoms with Crippen LogP contribution in [0.3, 0.4) is 0 Å². The van der Waals surface area contributed by atoms with Crippen LogP contribution in [0.1, 0.15) is 69.4 Å². The Kier molecular flexibility index (Phi) is 7.98. The third kappa shape index (κ3) is 5.79. The molecule has 6 heteroatoms. The maximum absolute atomic E-state index is 15.2. The second-order valence-corrected chi connectivity index (χ2v) is 8.13. The Morgan fingerprint density at radius 3 is 2.32 bits per heavy atom. The highest BCUT2D eigenvalue weighted by Crippen LogP contribution is 2.43. The van der Waals surface area contributed by atoms with E-state index in [2.05, 4.69) is 13.8 Å². The van der Waals surface area contributed by atoms with Crippen molar-refractivity contribution < 1.29 is 27.0 Å². The lowest BCUT2D eigenvalue weighted by Gasteiger charge is -2.31. The number of rotatable bonds is 8. The first-order valence-corrected chi connectivity index (χ1v) is 11.1. The molecule has 0 spiro atoms. The number of halogens is 4.